The molecule has 0 unspecified atom stereocenters. The van der Waals surface area contributed by atoms with Crippen LogP contribution in [0.25, 0.3) is 0 Å². The molecule has 0 aromatic rings. The highest BCUT2D eigenvalue weighted by Gasteiger charge is 2.12. The van der Waals surface area contributed by atoms with E-state index >= 15 is 0 Å². The van der Waals surface area contributed by atoms with Crippen molar-refractivity contribution in [3.63, 3.8) is 0 Å². The van der Waals surface area contributed by atoms with Crippen LogP contribution in [0.4, 0.5) is 0 Å². The van der Waals surface area contributed by atoms with Crippen molar-refractivity contribution < 1.29 is 9.47 Å². The molecule has 0 bridgehead atoms. The highest BCUT2D eigenvalue weighted by molar-refractivity contribution is 4.61. The first-order chi connectivity index (χ1) is 5.93. The van der Waals surface area contributed by atoms with Crippen LogP contribution in [-0.4, -0.2) is 25.9 Å². The van der Waals surface area contributed by atoms with Crippen molar-refractivity contribution in [3.05, 3.63) is 0 Å². The monoisotopic (exact) mass is 172 g/mol. The molecule has 1 aliphatic rings. The van der Waals surface area contributed by atoms with E-state index in [-0.39, 0.29) is 0 Å². The van der Waals surface area contributed by atoms with Crippen molar-refractivity contribution in [3.8, 4) is 0 Å². The zero-order chi connectivity index (χ0) is 8.65. The fourth-order valence-electron chi connectivity index (χ4n) is 1.44. The van der Waals surface area contributed by atoms with Crippen molar-refractivity contribution >= 4 is 0 Å². The van der Waals surface area contributed by atoms with Crippen LogP contribution >= 0.6 is 0 Å². The van der Waals surface area contributed by atoms with Gasteiger partial charge in [-0.3, -0.25) is 0 Å². The molecule has 0 spiro atoms. The standard InChI is InChI=1S/C10H20O2/c1-2-3-4-7-12-10-5-8-11-9-6-10/h10H,2-9H2,1H3. The van der Waals surface area contributed by atoms with Crippen LogP contribution in [0.15, 0.2) is 0 Å². The lowest BCUT2D eigenvalue weighted by atomic mass is 10.1. The molecule has 0 atom stereocenters. The van der Waals surface area contributed by atoms with Crippen LogP contribution < -0.4 is 0 Å². The molecule has 1 fully saturated rings. The quantitative estimate of drug-likeness (QED) is 0.593. The number of rotatable bonds is 5. The molecule has 2 heteroatoms. The maximum Gasteiger partial charge on any atom is 0.0619 e. The first kappa shape index (κ1) is 10.0. The molecule has 0 aliphatic carbocycles. The van der Waals surface area contributed by atoms with E-state index in [0.29, 0.717) is 6.10 Å². The van der Waals surface area contributed by atoms with Gasteiger partial charge >= 0.3 is 0 Å². The SMILES string of the molecule is CCCCCOC1CCOCC1. The molecule has 1 heterocycles. The predicted molar refractivity (Wildman–Crippen MR) is 49.3 cm³/mol. The van der Waals surface area contributed by atoms with Gasteiger partial charge in [-0.25, -0.2) is 0 Å². The van der Waals surface area contributed by atoms with Gasteiger partial charge in [0.1, 0.15) is 0 Å². The smallest absolute Gasteiger partial charge is 0.0619 e. The Morgan fingerprint density at radius 3 is 2.67 bits per heavy atom. The first-order valence-electron chi connectivity index (χ1n) is 5.13. The average Bonchev–Trinajstić information content (AvgIpc) is 2.14. The zero-order valence-electron chi connectivity index (χ0n) is 8.05. The lowest BCUT2D eigenvalue weighted by molar-refractivity contribution is -0.0326. The second-order valence-electron chi connectivity index (χ2n) is 3.39. The van der Waals surface area contributed by atoms with E-state index in [2.05, 4.69) is 6.92 Å². The van der Waals surface area contributed by atoms with Crippen molar-refractivity contribution in [1.29, 1.82) is 0 Å². The fourth-order valence-corrected chi connectivity index (χ4v) is 1.44. The topological polar surface area (TPSA) is 18.5 Å². The van der Waals surface area contributed by atoms with E-state index in [0.717, 1.165) is 32.7 Å². The molecule has 0 aromatic carbocycles. The zero-order valence-corrected chi connectivity index (χ0v) is 8.05. The molecular formula is C10H20O2. The first-order valence-corrected chi connectivity index (χ1v) is 5.13. The Hall–Kier alpha value is -0.0800. The van der Waals surface area contributed by atoms with Crippen LogP contribution in [0, 0.1) is 0 Å². The van der Waals surface area contributed by atoms with Crippen LogP contribution in [0.3, 0.4) is 0 Å². The van der Waals surface area contributed by atoms with E-state index in [1.165, 1.54) is 19.3 Å². The summed E-state index contributed by atoms with van der Waals surface area (Å²) in [6.07, 6.45) is 6.45. The van der Waals surface area contributed by atoms with Crippen LogP contribution in [0.2, 0.25) is 0 Å². The molecule has 0 saturated carbocycles. The Kier molecular flexibility index (Phi) is 5.37. The van der Waals surface area contributed by atoms with Gasteiger partial charge in [-0.2, -0.15) is 0 Å². The molecule has 0 amide bonds. The summed E-state index contributed by atoms with van der Waals surface area (Å²) in [5.74, 6) is 0. The van der Waals surface area contributed by atoms with E-state index in [9.17, 15) is 0 Å². The molecule has 12 heavy (non-hydrogen) atoms. The summed E-state index contributed by atoms with van der Waals surface area (Å²) in [6.45, 7) is 4.93. The predicted octanol–water partition coefficient (Wildman–Crippen LogP) is 2.37. The third-order valence-electron chi connectivity index (χ3n) is 2.27. The van der Waals surface area contributed by atoms with Crippen molar-refractivity contribution in [2.24, 2.45) is 0 Å². The third-order valence-corrected chi connectivity index (χ3v) is 2.27. The summed E-state index contributed by atoms with van der Waals surface area (Å²) < 4.78 is 11.0. The second kappa shape index (κ2) is 6.44. The average molecular weight is 172 g/mol. The summed E-state index contributed by atoms with van der Waals surface area (Å²) in [7, 11) is 0. The molecule has 1 saturated heterocycles. The third kappa shape index (κ3) is 4.07. The van der Waals surface area contributed by atoms with Gasteiger partial charge in [0, 0.05) is 19.8 Å². The lowest BCUT2D eigenvalue weighted by Gasteiger charge is -2.22. The van der Waals surface area contributed by atoms with Crippen molar-refractivity contribution in [2.45, 2.75) is 45.1 Å². The maximum absolute atomic E-state index is 5.70. The summed E-state index contributed by atoms with van der Waals surface area (Å²) in [5, 5.41) is 0. The molecule has 0 aromatic heterocycles. The van der Waals surface area contributed by atoms with Gasteiger partial charge in [0.2, 0.25) is 0 Å². The molecule has 1 rings (SSSR count). The minimum atomic E-state index is 0.482. The van der Waals surface area contributed by atoms with Crippen molar-refractivity contribution in [1.82, 2.24) is 0 Å². The fraction of sp³-hybridized carbons (Fsp3) is 1.00. The Balaban J connectivity index is 1.91. The highest BCUT2D eigenvalue weighted by atomic mass is 16.5. The minimum absolute atomic E-state index is 0.482. The van der Waals surface area contributed by atoms with Gasteiger partial charge in [0.25, 0.3) is 0 Å². The largest absolute Gasteiger partial charge is 0.381 e. The highest BCUT2D eigenvalue weighted by Crippen LogP contribution is 2.11. The van der Waals surface area contributed by atoms with Gasteiger partial charge in [-0.05, 0) is 19.3 Å². The van der Waals surface area contributed by atoms with Crippen LogP contribution in [-0.2, 0) is 9.47 Å². The number of hydrogen-bond acceptors (Lipinski definition) is 2. The molecule has 1 aliphatic heterocycles. The molecule has 2 nitrogen and oxygen atoms in total. The van der Waals surface area contributed by atoms with Gasteiger partial charge in [0.05, 0.1) is 6.10 Å². The minimum Gasteiger partial charge on any atom is -0.381 e. The van der Waals surface area contributed by atoms with Gasteiger partial charge < -0.3 is 9.47 Å². The van der Waals surface area contributed by atoms with E-state index in [1.54, 1.807) is 0 Å². The summed E-state index contributed by atoms with van der Waals surface area (Å²) >= 11 is 0. The Morgan fingerprint density at radius 2 is 2.00 bits per heavy atom. The van der Waals surface area contributed by atoms with Gasteiger partial charge in [-0.15, -0.1) is 0 Å². The maximum atomic E-state index is 5.70. The number of hydrogen-bond donors (Lipinski definition) is 0. The van der Waals surface area contributed by atoms with Crippen LogP contribution in [0.5, 0.6) is 0 Å². The molecular weight excluding hydrogens is 152 g/mol. The Labute approximate surface area is 75.2 Å². The Bertz CT molecular complexity index is 98.0. The lowest BCUT2D eigenvalue weighted by Crippen LogP contribution is -2.23. The second-order valence-corrected chi connectivity index (χ2v) is 3.39. The molecule has 0 N–H and O–H groups in total. The summed E-state index contributed by atoms with van der Waals surface area (Å²) in [5.41, 5.74) is 0. The van der Waals surface area contributed by atoms with Crippen molar-refractivity contribution in [2.75, 3.05) is 19.8 Å². The number of ether oxygens (including phenoxy) is 2. The summed E-state index contributed by atoms with van der Waals surface area (Å²) in [6, 6.07) is 0. The van der Waals surface area contributed by atoms with E-state index in [4.69, 9.17) is 9.47 Å². The number of unbranched alkanes of at least 4 members (excludes halogenated alkanes) is 2. The molecule has 0 radical (unpaired) electrons. The van der Waals surface area contributed by atoms with E-state index in [1.807, 2.05) is 0 Å². The Morgan fingerprint density at radius 1 is 1.25 bits per heavy atom. The normalized spacial score (nSPS) is 19.8. The van der Waals surface area contributed by atoms with Gasteiger partial charge in [0.15, 0.2) is 0 Å². The van der Waals surface area contributed by atoms with Crippen LogP contribution in [0.1, 0.15) is 39.0 Å². The molecule has 72 valence electrons. The van der Waals surface area contributed by atoms with E-state index < -0.39 is 0 Å². The van der Waals surface area contributed by atoms with Gasteiger partial charge in [-0.1, -0.05) is 19.8 Å². The summed E-state index contributed by atoms with van der Waals surface area (Å²) in [4.78, 5) is 0.